The quantitative estimate of drug-likeness (QED) is 0.778. The number of rotatable bonds is 4. The van der Waals surface area contributed by atoms with Crippen LogP contribution in [0.2, 0.25) is 0 Å². The van der Waals surface area contributed by atoms with Crippen LogP contribution >= 0.6 is 0 Å². The summed E-state index contributed by atoms with van der Waals surface area (Å²) in [5, 5.41) is 0. The summed E-state index contributed by atoms with van der Waals surface area (Å²) in [7, 11) is 0. The van der Waals surface area contributed by atoms with Gasteiger partial charge in [0.1, 0.15) is 6.10 Å². The molecule has 0 spiro atoms. The van der Waals surface area contributed by atoms with Gasteiger partial charge >= 0.3 is 0 Å². The van der Waals surface area contributed by atoms with Gasteiger partial charge in [0.05, 0.1) is 18.7 Å². The van der Waals surface area contributed by atoms with E-state index < -0.39 is 0 Å². The molecule has 4 heterocycles. The lowest BCUT2D eigenvalue weighted by molar-refractivity contribution is -0.138. The van der Waals surface area contributed by atoms with E-state index in [1.54, 1.807) is 18.6 Å². The van der Waals surface area contributed by atoms with Crippen LogP contribution in [0.15, 0.2) is 18.6 Å². The Morgan fingerprint density at radius 2 is 2.04 bits per heavy atom. The molecule has 2 atom stereocenters. The molecule has 3 aliphatic heterocycles. The Balaban J connectivity index is 1.34. The molecule has 0 saturated carbocycles. The standard InChI is InChI=1S/C19H26N4O4/c24-18-10-14(12-23(18)15-3-8-26-9-4-15)19(25)22-7-1-2-16(13-22)27-17-11-20-5-6-21-17/h5-6,11,14-16H,1-4,7-10,12-13H2/t14-,16-/m0/s1. The first-order valence-electron chi connectivity index (χ1n) is 9.79. The number of aromatic nitrogens is 2. The fraction of sp³-hybridized carbons (Fsp3) is 0.684. The molecule has 0 unspecified atom stereocenters. The molecular formula is C19H26N4O4. The molecule has 2 amide bonds. The number of piperidine rings is 1. The number of likely N-dealkylation sites (tertiary alicyclic amines) is 2. The van der Waals surface area contributed by atoms with E-state index in [9.17, 15) is 9.59 Å². The zero-order valence-electron chi connectivity index (χ0n) is 15.5. The Hall–Kier alpha value is -2.22. The summed E-state index contributed by atoms with van der Waals surface area (Å²) in [5.41, 5.74) is 0. The minimum Gasteiger partial charge on any atom is -0.471 e. The van der Waals surface area contributed by atoms with Gasteiger partial charge in [0.2, 0.25) is 17.7 Å². The Morgan fingerprint density at radius 3 is 2.81 bits per heavy atom. The van der Waals surface area contributed by atoms with Crippen LogP contribution in [0.5, 0.6) is 5.88 Å². The molecule has 8 heteroatoms. The lowest BCUT2D eigenvalue weighted by Gasteiger charge is -2.34. The average molecular weight is 374 g/mol. The van der Waals surface area contributed by atoms with E-state index in [0.717, 1.165) is 32.2 Å². The van der Waals surface area contributed by atoms with Crippen LogP contribution in [0.4, 0.5) is 0 Å². The first kappa shape index (κ1) is 18.2. The summed E-state index contributed by atoms with van der Waals surface area (Å²) in [4.78, 5) is 37.4. The minimum absolute atomic E-state index is 0.0744. The van der Waals surface area contributed by atoms with E-state index >= 15 is 0 Å². The molecule has 0 aliphatic carbocycles. The molecule has 1 aromatic rings. The average Bonchev–Trinajstić information content (AvgIpc) is 3.11. The second-order valence-corrected chi connectivity index (χ2v) is 7.50. The number of carbonyl (C=O) groups excluding carboxylic acids is 2. The van der Waals surface area contributed by atoms with Gasteiger partial charge in [-0.1, -0.05) is 0 Å². The first-order valence-corrected chi connectivity index (χ1v) is 9.79. The van der Waals surface area contributed by atoms with E-state index in [1.807, 2.05) is 9.80 Å². The van der Waals surface area contributed by atoms with Crippen molar-refractivity contribution in [3.8, 4) is 5.88 Å². The van der Waals surface area contributed by atoms with E-state index in [2.05, 4.69) is 9.97 Å². The van der Waals surface area contributed by atoms with E-state index in [1.165, 1.54) is 0 Å². The van der Waals surface area contributed by atoms with Crippen molar-refractivity contribution in [2.24, 2.45) is 5.92 Å². The highest BCUT2D eigenvalue weighted by Gasteiger charge is 2.40. The van der Waals surface area contributed by atoms with Crippen molar-refractivity contribution in [1.29, 1.82) is 0 Å². The molecule has 0 bridgehead atoms. The SMILES string of the molecule is O=C([C@H]1CC(=O)N(C2CCOCC2)C1)N1CCC[C@H](Oc2cnccn2)C1. The third-order valence-corrected chi connectivity index (χ3v) is 5.66. The van der Waals surface area contributed by atoms with Gasteiger partial charge in [-0.05, 0) is 25.7 Å². The summed E-state index contributed by atoms with van der Waals surface area (Å²) < 4.78 is 11.3. The number of amides is 2. The summed E-state index contributed by atoms with van der Waals surface area (Å²) in [5.74, 6) is 0.420. The van der Waals surface area contributed by atoms with Gasteiger partial charge in [-0.15, -0.1) is 0 Å². The molecular weight excluding hydrogens is 348 g/mol. The highest BCUT2D eigenvalue weighted by atomic mass is 16.5. The largest absolute Gasteiger partial charge is 0.471 e. The Bertz CT molecular complexity index is 665. The van der Waals surface area contributed by atoms with Gasteiger partial charge < -0.3 is 19.3 Å². The van der Waals surface area contributed by atoms with Crippen LogP contribution in [-0.4, -0.2) is 76.6 Å². The molecule has 1 aromatic heterocycles. The fourth-order valence-corrected chi connectivity index (χ4v) is 4.26. The van der Waals surface area contributed by atoms with Crippen LogP contribution in [0.1, 0.15) is 32.1 Å². The van der Waals surface area contributed by atoms with E-state index in [0.29, 0.717) is 38.6 Å². The lowest BCUT2D eigenvalue weighted by atomic mass is 10.0. The fourth-order valence-electron chi connectivity index (χ4n) is 4.26. The normalized spacial score (nSPS) is 27.0. The van der Waals surface area contributed by atoms with Gasteiger partial charge in [-0.2, -0.15) is 0 Å². The van der Waals surface area contributed by atoms with Gasteiger partial charge in [0.15, 0.2) is 0 Å². The number of hydrogen-bond acceptors (Lipinski definition) is 6. The number of carbonyl (C=O) groups is 2. The molecule has 3 aliphatic rings. The third kappa shape index (κ3) is 4.21. The van der Waals surface area contributed by atoms with Crippen molar-refractivity contribution >= 4 is 11.8 Å². The summed E-state index contributed by atoms with van der Waals surface area (Å²) in [6.07, 6.45) is 8.53. The van der Waals surface area contributed by atoms with Crippen LogP contribution in [-0.2, 0) is 14.3 Å². The summed E-state index contributed by atoms with van der Waals surface area (Å²) >= 11 is 0. The maximum Gasteiger partial charge on any atom is 0.232 e. The minimum atomic E-state index is -0.240. The van der Waals surface area contributed by atoms with E-state index in [-0.39, 0.29) is 29.9 Å². The van der Waals surface area contributed by atoms with Crippen molar-refractivity contribution in [1.82, 2.24) is 19.8 Å². The molecule has 0 N–H and O–H groups in total. The van der Waals surface area contributed by atoms with Gasteiger partial charge in [0, 0.05) is 51.2 Å². The van der Waals surface area contributed by atoms with Crippen molar-refractivity contribution in [2.45, 2.75) is 44.2 Å². The zero-order chi connectivity index (χ0) is 18.6. The number of ether oxygens (including phenoxy) is 2. The monoisotopic (exact) mass is 374 g/mol. The van der Waals surface area contributed by atoms with Crippen LogP contribution < -0.4 is 4.74 Å². The summed E-state index contributed by atoms with van der Waals surface area (Å²) in [6.45, 7) is 3.19. The topological polar surface area (TPSA) is 84.9 Å². The lowest BCUT2D eigenvalue weighted by Crippen LogP contribution is -2.47. The molecule has 3 fully saturated rings. The molecule has 146 valence electrons. The van der Waals surface area contributed by atoms with Crippen LogP contribution in [0, 0.1) is 5.92 Å². The molecule has 27 heavy (non-hydrogen) atoms. The summed E-state index contributed by atoms with van der Waals surface area (Å²) in [6, 6.07) is 0.221. The Kier molecular flexibility index (Phi) is 5.52. The maximum atomic E-state index is 13.0. The molecule has 4 rings (SSSR count). The Morgan fingerprint density at radius 1 is 1.19 bits per heavy atom. The van der Waals surface area contributed by atoms with Crippen molar-refractivity contribution in [3.05, 3.63) is 18.6 Å². The zero-order valence-corrected chi connectivity index (χ0v) is 15.5. The first-order chi connectivity index (χ1) is 13.2. The Labute approximate surface area is 158 Å². The second-order valence-electron chi connectivity index (χ2n) is 7.50. The van der Waals surface area contributed by atoms with Gasteiger partial charge in [-0.3, -0.25) is 14.6 Å². The van der Waals surface area contributed by atoms with Crippen molar-refractivity contribution in [3.63, 3.8) is 0 Å². The number of nitrogens with zero attached hydrogens (tertiary/aromatic N) is 4. The highest BCUT2D eigenvalue weighted by molar-refractivity contribution is 5.89. The van der Waals surface area contributed by atoms with Crippen molar-refractivity contribution in [2.75, 3.05) is 32.8 Å². The smallest absolute Gasteiger partial charge is 0.232 e. The van der Waals surface area contributed by atoms with Crippen LogP contribution in [0.25, 0.3) is 0 Å². The van der Waals surface area contributed by atoms with Gasteiger partial charge in [0.25, 0.3) is 0 Å². The molecule has 3 saturated heterocycles. The van der Waals surface area contributed by atoms with Crippen LogP contribution in [0.3, 0.4) is 0 Å². The molecule has 0 radical (unpaired) electrons. The number of hydrogen-bond donors (Lipinski definition) is 0. The van der Waals surface area contributed by atoms with Crippen molar-refractivity contribution < 1.29 is 19.1 Å². The van der Waals surface area contributed by atoms with Gasteiger partial charge in [-0.25, -0.2) is 4.98 Å². The third-order valence-electron chi connectivity index (χ3n) is 5.66. The second kappa shape index (κ2) is 8.21. The highest BCUT2D eigenvalue weighted by Crippen LogP contribution is 2.27. The predicted octanol–water partition coefficient (Wildman–Crippen LogP) is 0.874. The maximum absolute atomic E-state index is 13.0. The van der Waals surface area contributed by atoms with E-state index in [4.69, 9.17) is 9.47 Å². The molecule has 0 aromatic carbocycles. The molecule has 8 nitrogen and oxygen atoms in total. The predicted molar refractivity (Wildman–Crippen MR) is 95.9 cm³/mol.